The summed E-state index contributed by atoms with van der Waals surface area (Å²) in [4.78, 5) is 12.0. The van der Waals surface area contributed by atoms with Crippen molar-refractivity contribution < 1.29 is 13.2 Å². The number of hydrogen-bond acceptors (Lipinski definition) is 4. The maximum atomic E-state index is 12.0. The molecule has 0 spiro atoms. The molecule has 21 heavy (non-hydrogen) atoms. The maximum Gasteiger partial charge on any atom is 0.221 e. The molecule has 1 amide bonds. The van der Waals surface area contributed by atoms with Crippen LogP contribution in [0.2, 0.25) is 0 Å². The Labute approximate surface area is 134 Å². The summed E-state index contributed by atoms with van der Waals surface area (Å²) in [6, 6.07) is 0. The third-order valence-corrected chi connectivity index (χ3v) is 5.50. The molecule has 0 aliphatic carbocycles. The number of amides is 1. The second-order valence-corrected chi connectivity index (χ2v) is 8.32. The molecule has 6 nitrogen and oxygen atoms in total. The fourth-order valence-corrected chi connectivity index (χ4v) is 4.18. The van der Waals surface area contributed by atoms with Crippen molar-refractivity contribution in [1.29, 1.82) is 0 Å². The number of hydrogen-bond donors (Lipinski definition) is 2. The second kappa shape index (κ2) is 8.31. The van der Waals surface area contributed by atoms with Crippen molar-refractivity contribution in [1.82, 2.24) is 9.62 Å². The fraction of sp³-hybridized carbons (Fsp3) is 0.923. The molecule has 0 radical (unpaired) electrons. The fourth-order valence-electron chi connectivity index (χ4n) is 2.65. The third kappa shape index (κ3) is 6.50. The summed E-state index contributed by atoms with van der Waals surface area (Å²) in [7, 11) is -3.12. The van der Waals surface area contributed by atoms with Crippen LogP contribution in [0.3, 0.4) is 0 Å². The van der Waals surface area contributed by atoms with Gasteiger partial charge in [0.05, 0.1) is 5.75 Å². The van der Waals surface area contributed by atoms with Crippen LogP contribution in [-0.2, 0) is 14.8 Å². The summed E-state index contributed by atoms with van der Waals surface area (Å²) in [6.07, 6.45) is 1.64. The highest BCUT2D eigenvalue weighted by Gasteiger charge is 2.30. The topological polar surface area (TPSA) is 92.5 Å². The second-order valence-electron chi connectivity index (χ2n) is 6.23. The molecule has 1 aliphatic heterocycles. The average molecular weight is 342 g/mol. The van der Waals surface area contributed by atoms with Crippen molar-refractivity contribution in [3.63, 3.8) is 0 Å². The molecular weight excluding hydrogens is 314 g/mol. The van der Waals surface area contributed by atoms with Gasteiger partial charge in [-0.3, -0.25) is 4.79 Å². The van der Waals surface area contributed by atoms with Crippen LogP contribution in [0.15, 0.2) is 0 Å². The van der Waals surface area contributed by atoms with Gasteiger partial charge in [-0.15, -0.1) is 12.4 Å². The van der Waals surface area contributed by atoms with Crippen molar-refractivity contribution in [3.05, 3.63) is 0 Å². The number of nitrogens with two attached hydrogens (primary N) is 1. The molecule has 1 saturated heterocycles. The summed E-state index contributed by atoms with van der Waals surface area (Å²) in [5.41, 5.74) is 5.32. The molecule has 1 fully saturated rings. The van der Waals surface area contributed by atoms with Gasteiger partial charge in [0.15, 0.2) is 0 Å². The maximum absolute atomic E-state index is 12.0. The first-order chi connectivity index (χ1) is 9.18. The van der Waals surface area contributed by atoms with Crippen molar-refractivity contribution in [2.24, 2.45) is 11.7 Å². The minimum atomic E-state index is -3.12. The normalized spacial score (nSPS) is 20.8. The zero-order valence-corrected chi connectivity index (χ0v) is 14.7. The van der Waals surface area contributed by atoms with E-state index in [1.807, 2.05) is 6.92 Å². The zero-order chi connectivity index (χ0) is 15.4. The van der Waals surface area contributed by atoms with E-state index in [0.717, 1.165) is 6.42 Å². The van der Waals surface area contributed by atoms with Crippen molar-refractivity contribution in [3.8, 4) is 0 Å². The van der Waals surface area contributed by atoms with Gasteiger partial charge in [-0.2, -0.15) is 0 Å². The van der Waals surface area contributed by atoms with E-state index in [4.69, 9.17) is 5.73 Å². The van der Waals surface area contributed by atoms with E-state index in [1.165, 1.54) is 4.31 Å². The summed E-state index contributed by atoms with van der Waals surface area (Å²) in [6.45, 7) is 7.25. The first-order valence-electron chi connectivity index (χ1n) is 7.17. The predicted octanol–water partition coefficient (Wildman–Crippen LogP) is 0.714. The predicted molar refractivity (Wildman–Crippen MR) is 86.9 cm³/mol. The highest BCUT2D eigenvalue weighted by molar-refractivity contribution is 7.89. The van der Waals surface area contributed by atoms with Gasteiger partial charge in [0.2, 0.25) is 15.9 Å². The summed E-state index contributed by atoms with van der Waals surface area (Å²) < 4.78 is 24.7. The lowest BCUT2D eigenvalue weighted by Crippen LogP contribution is -2.52. The largest absolute Gasteiger partial charge is 0.350 e. The van der Waals surface area contributed by atoms with Crippen LogP contribution in [0.4, 0.5) is 0 Å². The molecule has 1 unspecified atom stereocenters. The molecule has 8 heteroatoms. The Bertz CT molecular complexity index is 442. The summed E-state index contributed by atoms with van der Waals surface area (Å²) >= 11 is 0. The van der Waals surface area contributed by atoms with Gasteiger partial charge in [0.1, 0.15) is 0 Å². The van der Waals surface area contributed by atoms with Crippen LogP contribution in [0.1, 0.15) is 40.0 Å². The minimum absolute atomic E-state index is 0. The van der Waals surface area contributed by atoms with E-state index in [2.05, 4.69) is 19.2 Å². The van der Waals surface area contributed by atoms with Crippen molar-refractivity contribution in [2.75, 3.05) is 25.4 Å². The van der Waals surface area contributed by atoms with Crippen LogP contribution >= 0.6 is 12.4 Å². The number of nitrogens with zero attached hydrogens (tertiary/aromatic N) is 1. The quantitative estimate of drug-likeness (QED) is 0.713. The van der Waals surface area contributed by atoms with E-state index in [-0.39, 0.29) is 37.0 Å². The molecule has 1 aliphatic rings. The molecule has 0 aromatic heterocycles. The van der Waals surface area contributed by atoms with Crippen LogP contribution in [-0.4, -0.2) is 49.6 Å². The van der Waals surface area contributed by atoms with Crippen LogP contribution < -0.4 is 11.1 Å². The van der Waals surface area contributed by atoms with Crippen LogP contribution in [0.5, 0.6) is 0 Å². The molecule has 1 atom stereocenters. The van der Waals surface area contributed by atoms with Gasteiger partial charge in [-0.05, 0) is 25.7 Å². The minimum Gasteiger partial charge on any atom is -0.350 e. The monoisotopic (exact) mass is 341 g/mol. The van der Waals surface area contributed by atoms with Crippen molar-refractivity contribution in [2.45, 2.75) is 45.6 Å². The smallest absolute Gasteiger partial charge is 0.221 e. The Morgan fingerprint density at radius 1 is 1.43 bits per heavy atom. The van der Waals surface area contributed by atoms with Crippen molar-refractivity contribution >= 4 is 28.3 Å². The first-order valence-corrected chi connectivity index (χ1v) is 8.78. The van der Waals surface area contributed by atoms with Crippen LogP contribution in [0.25, 0.3) is 0 Å². The first kappa shape index (κ1) is 20.6. The van der Waals surface area contributed by atoms with Gasteiger partial charge >= 0.3 is 0 Å². The Kier molecular flexibility index (Phi) is 8.17. The lowest BCUT2D eigenvalue weighted by Gasteiger charge is -2.31. The summed E-state index contributed by atoms with van der Waals surface area (Å²) in [5.74, 6) is 0.492. The van der Waals surface area contributed by atoms with E-state index in [0.29, 0.717) is 25.4 Å². The Morgan fingerprint density at radius 2 is 2.05 bits per heavy atom. The SMILES string of the molecule is CC(C)CC(C)(CN)NC(=O)CCN1CCCS1(=O)=O.Cl. The van der Waals surface area contributed by atoms with E-state index in [9.17, 15) is 13.2 Å². The Balaban J connectivity index is 0.00000400. The molecule has 0 saturated carbocycles. The zero-order valence-electron chi connectivity index (χ0n) is 13.1. The molecule has 126 valence electrons. The number of sulfonamides is 1. The van der Waals surface area contributed by atoms with Gasteiger partial charge in [-0.25, -0.2) is 12.7 Å². The van der Waals surface area contributed by atoms with E-state index >= 15 is 0 Å². The lowest BCUT2D eigenvalue weighted by molar-refractivity contribution is -0.123. The number of carbonyl (C=O) groups is 1. The number of rotatable bonds is 7. The van der Waals surface area contributed by atoms with Crippen LogP contribution in [0, 0.1) is 5.92 Å². The molecular formula is C13H28ClN3O3S. The standard InChI is InChI=1S/C13H27N3O3S.ClH/c1-11(2)9-13(3,10-14)15-12(17)5-7-16-6-4-8-20(16,18)19;/h11H,4-10,14H2,1-3H3,(H,15,17);1H. The lowest BCUT2D eigenvalue weighted by atomic mass is 9.90. The van der Waals surface area contributed by atoms with Gasteiger partial charge in [-0.1, -0.05) is 13.8 Å². The van der Waals surface area contributed by atoms with Gasteiger partial charge in [0.25, 0.3) is 0 Å². The molecule has 1 heterocycles. The van der Waals surface area contributed by atoms with E-state index < -0.39 is 15.6 Å². The third-order valence-electron chi connectivity index (χ3n) is 3.54. The van der Waals surface area contributed by atoms with E-state index in [1.54, 1.807) is 0 Å². The Hall–Kier alpha value is -0.370. The molecule has 3 N–H and O–H groups in total. The van der Waals surface area contributed by atoms with Gasteiger partial charge in [0, 0.05) is 31.6 Å². The molecule has 0 bridgehead atoms. The summed E-state index contributed by atoms with van der Waals surface area (Å²) in [5, 5.41) is 2.94. The molecule has 1 rings (SSSR count). The van der Waals surface area contributed by atoms with Gasteiger partial charge < -0.3 is 11.1 Å². The number of carbonyl (C=O) groups excluding carboxylic acids is 1. The highest BCUT2D eigenvalue weighted by Crippen LogP contribution is 2.16. The Morgan fingerprint density at radius 3 is 2.48 bits per heavy atom. The number of nitrogens with one attached hydrogen (secondary N) is 1. The molecule has 0 aromatic rings. The highest BCUT2D eigenvalue weighted by atomic mass is 35.5. The molecule has 0 aromatic carbocycles. The number of halogens is 1. The average Bonchev–Trinajstić information content (AvgIpc) is 2.64.